The molecule has 1 rings (SSSR count). The maximum Gasteiger partial charge on any atom is 0.238 e. The van der Waals surface area contributed by atoms with Crippen molar-refractivity contribution in [3.05, 3.63) is 31.4 Å². The Morgan fingerprint density at radius 3 is 2.86 bits per heavy atom. The second-order valence-corrected chi connectivity index (χ2v) is 2.59. The molecular weight excluding hydrogens is 180 g/mol. The lowest BCUT2D eigenvalue weighted by Crippen LogP contribution is -2.28. The van der Waals surface area contributed by atoms with Crippen molar-refractivity contribution in [2.24, 2.45) is 0 Å². The van der Waals surface area contributed by atoms with E-state index >= 15 is 0 Å². The second kappa shape index (κ2) is 5.82. The molecule has 5 heteroatoms. The SMILES string of the molecule is C=CCNCC(=O)Nc1cncnc1. The number of carbonyl (C=O) groups is 1. The van der Waals surface area contributed by atoms with E-state index in [-0.39, 0.29) is 12.5 Å². The Bertz CT molecular complexity index is 299. The van der Waals surface area contributed by atoms with E-state index in [0.29, 0.717) is 12.2 Å². The van der Waals surface area contributed by atoms with Crippen LogP contribution in [0.4, 0.5) is 5.69 Å². The number of hydrogen-bond acceptors (Lipinski definition) is 4. The van der Waals surface area contributed by atoms with Crippen molar-refractivity contribution < 1.29 is 4.79 Å². The number of amides is 1. The smallest absolute Gasteiger partial charge is 0.238 e. The molecule has 0 aliphatic heterocycles. The minimum absolute atomic E-state index is 0.123. The van der Waals surface area contributed by atoms with E-state index in [0.717, 1.165) is 0 Å². The zero-order valence-electron chi connectivity index (χ0n) is 7.73. The molecule has 0 spiro atoms. The van der Waals surface area contributed by atoms with Crippen molar-refractivity contribution in [2.45, 2.75) is 0 Å². The third-order valence-corrected chi connectivity index (χ3v) is 1.42. The largest absolute Gasteiger partial charge is 0.322 e. The Morgan fingerprint density at radius 2 is 2.21 bits per heavy atom. The van der Waals surface area contributed by atoms with Crippen LogP contribution in [0.3, 0.4) is 0 Å². The van der Waals surface area contributed by atoms with Crippen LogP contribution in [0.2, 0.25) is 0 Å². The van der Waals surface area contributed by atoms with Crippen LogP contribution in [-0.2, 0) is 4.79 Å². The molecule has 1 aromatic rings. The van der Waals surface area contributed by atoms with Gasteiger partial charge in [0.2, 0.25) is 5.91 Å². The van der Waals surface area contributed by atoms with Crippen molar-refractivity contribution in [3.8, 4) is 0 Å². The molecule has 0 saturated heterocycles. The maximum absolute atomic E-state index is 11.2. The lowest BCUT2D eigenvalue weighted by molar-refractivity contribution is -0.115. The van der Waals surface area contributed by atoms with Gasteiger partial charge < -0.3 is 10.6 Å². The molecular formula is C9H12N4O. The molecule has 5 nitrogen and oxygen atoms in total. The van der Waals surface area contributed by atoms with Gasteiger partial charge >= 0.3 is 0 Å². The van der Waals surface area contributed by atoms with Gasteiger partial charge in [0, 0.05) is 6.54 Å². The summed E-state index contributed by atoms with van der Waals surface area (Å²) in [7, 11) is 0. The molecule has 0 bridgehead atoms. The number of anilines is 1. The molecule has 0 radical (unpaired) electrons. The van der Waals surface area contributed by atoms with E-state index in [4.69, 9.17) is 0 Å². The summed E-state index contributed by atoms with van der Waals surface area (Å²) in [6.45, 7) is 4.39. The van der Waals surface area contributed by atoms with Gasteiger partial charge in [0.1, 0.15) is 6.33 Å². The van der Waals surface area contributed by atoms with E-state index in [1.54, 1.807) is 18.5 Å². The van der Waals surface area contributed by atoms with Gasteiger partial charge in [-0.25, -0.2) is 9.97 Å². The highest BCUT2D eigenvalue weighted by Crippen LogP contribution is 1.98. The highest BCUT2D eigenvalue weighted by Gasteiger charge is 2.00. The molecule has 1 heterocycles. The Morgan fingerprint density at radius 1 is 1.50 bits per heavy atom. The summed E-state index contributed by atoms with van der Waals surface area (Å²) in [4.78, 5) is 18.8. The van der Waals surface area contributed by atoms with Crippen LogP contribution in [0, 0.1) is 0 Å². The summed E-state index contributed by atoms with van der Waals surface area (Å²) in [6, 6.07) is 0. The van der Waals surface area contributed by atoms with E-state index in [1.807, 2.05) is 0 Å². The van der Waals surface area contributed by atoms with E-state index < -0.39 is 0 Å². The van der Waals surface area contributed by atoms with E-state index in [1.165, 1.54) is 6.33 Å². The molecule has 74 valence electrons. The fraction of sp³-hybridized carbons (Fsp3) is 0.222. The number of nitrogens with zero attached hydrogens (tertiary/aromatic N) is 2. The molecule has 0 unspecified atom stereocenters. The van der Waals surface area contributed by atoms with Crippen molar-refractivity contribution >= 4 is 11.6 Å². The van der Waals surface area contributed by atoms with Crippen LogP contribution < -0.4 is 10.6 Å². The van der Waals surface area contributed by atoms with Gasteiger partial charge in [-0.15, -0.1) is 6.58 Å². The van der Waals surface area contributed by atoms with Gasteiger partial charge in [-0.2, -0.15) is 0 Å². The topological polar surface area (TPSA) is 66.9 Å². The monoisotopic (exact) mass is 192 g/mol. The lowest BCUT2D eigenvalue weighted by atomic mass is 10.4. The Kier molecular flexibility index (Phi) is 4.30. The highest BCUT2D eigenvalue weighted by molar-refractivity contribution is 5.91. The number of nitrogens with one attached hydrogen (secondary N) is 2. The average molecular weight is 192 g/mol. The number of hydrogen-bond donors (Lipinski definition) is 2. The lowest BCUT2D eigenvalue weighted by Gasteiger charge is -2.03. The van der Waals surface area contributed by atoms with Crippen molar-refractivity contribution in [1.29, 1.82) is 0 Å². The predicted octanol–water partition coefficient (Wildman–Crippen LogP) is 0.191. The maximum atomic E-state index is 11.2. The molecule has 1 aromatic heterocycles. The van der Waals surface area contributed by atoms with Gasteiger partial charge in [-0.05, 0) is 0 Å². The van der Waals surface area contributed by atoms with Crippen LogP contribution in [0.15, 0.2) is 31.4 Å². The first kappa shape index (κ1) is 10.3. The highest BCUT2D eigenvalue weighted by atomic mass is 16.1. The summed E-state index contributed by atoms with van der Waals surface area (Å²) in [5.74, 6) is -0.123. The minimum atomic E-state index is -0.123. The van der Waals surface area contributed by atoms with Gasteiger partial charge in [0.25, 0.3) is 0 Å². The zero-order valence-corrected chi connectivity index (χ0v) is 7.73. The van der Waals surface area contributed by atoms with Crippen molar-refractivity contribution in [3.63, 3.8) is 0 Å². The first-order valence-electron chi connectivity index (χ1n) is 4.19. The molecule has 14 heavy (non-hydrogen) atoms. The Labute approximate surface area is 82.3 Å². The number of carbonyl (C=O) groups excluding carboxylic acids is 1. The fourth-order valence-corrected chi connectivity index (χ4v) is 0.857. The van der Waals surface area contributed by atoms with Gasteiger partial charge in [-0.1, -0.05) is 6.08 Å². The first-order chi connectivity index (χ1) is 6.83. The minimum Gasteiger partial charge on any atom is -0.322 e. The fourth-order valence-electron chi connectivity index (χ4n) is 0.857. The van der Waals surface area contributed by atoms with Crippen molar-refractivity contribution in [2.75, 3.05) is 18.4 Å². The Hall–Kier alpha value is -1.75. The van der Waals surface area contributed by atoms with Crippen LogP contribution >= 0.6 is 0 Å². The summed E-state index contributed by atoms with van der Waals surface area (Å²) in [5.41, 5.74) is 0.595. The van der Waals surface area contributed by atoms with E-state index in [9.17, 15) is 4.79 Å². The average Bonchev–Trinajstić information content (AvgIpc) is 2.20. The first-order valence-corrected chi connectivity index (χ1v) is 4.19. The van der Waals surface area contributed by atoms with Gasteiger partial charge in [0.05, 0.1) is 24.6 Å². The summed E-state index contributed by atoms with van der Waals surface area (Å²) in [5, 5.41) is 5.52. The van der Waals surface area contributed by atoms with Crippen molar-refractivity contribution in [1.82, 2.24) is 15.3 Å². The Balaban J connectivity index is 2.31. The quantitative estimate of drug-likeness (QED) is 0.516. The molecule has 0 atom stereocenters. The van der Waals surface area contributed by atoms with Gasteiger partial charge in [-0.3, -0.25) is 4.79 Å². The van der Waals surface area contributed by atoms with E-state index in [2.05, 4.69) is 27.2 Å². The number of aromatic nitrogens is 2. The standard InChI is InChI=1S/C9H12N4O/c1-2-3-10-6-9(14)13-8-4-11-7-12-5-8/h2,4-5,7,10H,1,3,6H2,(H,13,14). The number of rotatable bonds is 5. The molecule has 0 saturated carbocycles. The molecule has 0 aliphatic carbocycles. The van der Waals surface area contributed by atoms with Crippen LogP contribution in [0.1, 0.15) is 0 Å². The van der Waals surface area contributed by atoms with Gasteiger partial charge in [0.15, 0.2) is 0 Å². The third-order valence-electron chi connectivity index (χ3n) is 1.42. The third kappa shape index (κ3) is 3.77. The molecule has 1 amide bonds. The van der Waals surface area contributed by atoms with Crippen LogP contribution in [0.25, 0.3) is 0 Å². The summed E-state index contributed by atoms with van der Waals surface area (Å²) < 4.78 is 0. The zero-order chi connectivity index (χ0) is 10.2. The van der Waals surface area contributed by atoms with Crippen LogP contribution in [-0.4, -0.2) is 29.0 Å². The molecule has 0 fully saturated rings. The molecule has 0 aromatic carbocycles. The van der Waals surface area contributed by atoms with Crippen LogP contribution in [0.5, 0.6) is 0 Å². The normalized spacial score (nSPS) is 9.43. The molecule has 2 N–H and O–H groups in total. The molecule has 0 aliphatic rings. The second-order valence-electron chi connectivity index (χ2n) is 2.59. The summed E-state index contributed by atoms with van der Waals surface area (Å²) in [6.07, 6.45) is 6.18. The predicted molar refractivity (Wildman–Crippen MR) is 53.7 cm³/mol. The summed E-state index contributed by atoms with van der Waals surface area (Å²) >= 11 is 0.